The summed E-state index contributed by atoms with van der Waals surface area (Å²) in [5, 5.41) is 15.2. The first-order valence-corrected chi connectivity index (χ1v) is 13.6. The van der Waals surface area contributed by atoms with Crippen LogP contribution in [0.1, 0.15) is 41.2 Å². The van der Waals surface area contributed by atoms with E-state index in [0.717, 1.165) is 18.5 Å². The van der Waals surface area contributed by atoms with Crippen LogP contribution in [0.25, 0.3) is 0 Å². The number of anilines is 2. The topological polar surface area (TPSA) is 144 Å². The highest BCUT2D eigenvalue weighted by Crippen LogP contribution is 2.34. The van der Waals surface area contributed by atoms with E-state index in [0.29, 0.717) is 69.3 Å². The van der Waals surface area contributed by atoms with Crippen LogP contribution in [0.15, 0.2) is 42.7 Å². The monoisotopic (exact) mass is 550 g/mol. The summed E-state index contributed by atoms with van der Waals surface area (Å²) in [6, 6.07) is 7.76. The van der Waals surface area contributed by atoms with Crippen molar-refractivity contribution in [1.29, 1.82) is 0 Å². The molecule has 12 nitrogen and oxygen atoms in total. The standard InChI is InChI=1S/C28H34N6O6/c35-25(36)17-22(21-2-1-7-29-18-21)30-27(38)20-5-6-24(23(16-20)31-26(37)19-3-4-19)32-8-10-33(11-9-32)28(39)34-12-14-40-15-13-34/h1-2,5-7,16,18-19,22H,3-4,8-15,17H2,(H,30,38)(H,31,37)(H,35,36). The minimum atomic E-state index is -1.05. The number of carbonyl (C=O) groups is 4. The van der Waals surface area contributed by atoms with Crippen LogP contribution in [0.3, 0.4) is 0 Å². The van der Waals surface area contributed by atoms with E-state index in [1.165, 1.54) is 6.20 Å². The van der Waals surface area contributed by atoms with Crippen LogP contribution >= 0.6 is 0 Å². The number of piperazine rings is 1. The maximum Gasteiger partial charge on any atom is 0.320 e. The van der Waals surface area contributed by atoms with Crippen molar-refractivity contribution in [2.24, 2.45) is 5.92 Å². The van der Waals surface area contributed by atoms with E-state index in [1.807, 2.05) is 9.80 Å². The number of carboxylic acid groups (broad SMARTS) is 1. The summed E-state index contributed by atoms with van der Waals surface area (Å²) in [4.78, 5) is 60.1. The molecule has 3 fully saturated rings. The number of nitrogens with zero attached hydrogens (tertiary/aromatic N) is 4. The highest BCUT2D eigenvalue weighted by Gasteiger charge is 2.32. The highest BCUT2D eigenvalue weighted by molar-refractivity contribution is 6.01. The van der Waals surface area contributed by atoms with E-state index < -0.39 is 17.9 Å². The van der Waals surface area contributed by atoms with E-state index in [1.54, 1.807) is 36.5 Å². The third-order valence-corrected chi connectivity index (χ3v) is 7.41. The van der Waals surface area contributed by atoms with Crippen LogP contribution in [-0.4, -0.2) is 96.2 Å². The first kappa shape index (κ1) is 27.4. The molecule has 12 heteroatoms. The zero-order chi connectivity index (χ0) is 28.1. The molecule has 3 aliphatic rings. The summed E-state index contributed by atoms with van der Waals surface area (Å²) in [5.74, 6) is -1.62. The Morgan fingerprint density at radius 3 is 2.38 bits per heavy atom. The zero-order valence-electron chi connectivity index (χ0n) is 22.3. The van der Waals surface area contributed by atoms with Crippen molar-refractivity contribution in [2.45, 2.75) is 25.3 Å². The van der Waals surface area contributed by atoms with Crippen molar-refractivity contribution in [3.63, 3.8) is 0 Å². The quantitative estimate of drug-likeness (QED) is 0.452. The minimum Gasteiger partial charge on any atom is -0.481 e. The van der Waals surface area contributed by atoms with E-state index in [4.69, 9.17) is 4.74 Å². The van der Waals surface area contributed by atoms with Crippen molar-refractivity contribution in [1.82, 2.24) is 20.1 Å². The number of aliphatic carboxylic acids is 1. The lowest BCUT2D eigenvalue weighted by Crippen LogP contribution is -2.54. The van der Waals surface area contributed by atoms with Crippen LogP contribution < -0.4 is 15.5 Å². The molecule has 1 unspecified atom stereocenters. The Morgan fingerprint density at radius 1 is 1.00 bits per heavy atom. The zero-order valence-corrected chi connectivity index (χ0v) is 22.3. The average molecular weight is 551 g/mol. The number of aromatic nitrogens is 1. The maximum atomic E-state index is 13.2. The van der Waals surface area contributed by atoms with Crippen LogP contribution in [0.2, 0.25) is 0 Å². The fraction of sp³-hybridized carbons (Fsp3) is 0.464. The lowest BCUT2D eigenvalue weighted by Gasteiger charge is -2.39. The molecule has 1 saturated carbocycles. The summed E-state index contributed by atoms with van der Waals surface area (Å²) in [6.07, 6.45) is 4.49. The third kappa shape index (κ3) is 6.68. The molecule has 212 valence electrons. The number of hydrogen-bond donors (Lipinski definition) is 3. The van der Waals surface area contributed by atoms with Gasteiger partial charge < -0.3 is 35.2 Å². The number of urea groups is 1. The Morgan fingerprint density at radius 2 is 1.73 bits per heavy atom. The number of hydrogen-bond acceptors (Lipinski definition) is 7. The lowest BCUT2D eigenvalue weighted by molar-refractivity contribution is -0.137. The van der Waals surface area contributed by atoms with Gasteiger partial charge in [0.25, 0.3) is 5.91 Å². The Bertz CT molecular complexity index is 1240. The second-order valence-electron chi connectivity index (χ2n) is 10.3. The number of morpholine rings is 1. The van der Waals surface area contributed by atoms with Gasteiger partial charge in [0.2, 0.25) is 5.91 Å². The van der Waals surface area contributed by atoms with Gasteiger partial charge in [-0.3, -0.25) is 19.4 Å². The van der Waals surface area contributed by atoms with Gasteiger partial charge in [-0.2, -0.15) is 0 Å². The molecule has 5 rings (SSSR count). The van der Waals surface area contributed by atoms with Crippen molar-refractivity contribution < 1.29 is 29.0 Å². The van der Waals surface area contributed by atoms with Gasteiger partial charge in [0.05, 0.1) is 37.1 Å². The molecule has 4 amide bonds. The number of pyridine rings is 1. The first-order valence-electron chi connectivity index (χ1n) is 13.6. The smallest absolute Gasteiger partial charge is 0.320 e. The molecule has 0 bridgehead atoms. The number of amides is 4. The fourth-order valence-corrected chi connectivity index (χ4v) is 4.98. The summed E-state index contributed by atoms with van der Waals surface area (Å²) in [6.45, 7) is 4.52. The highest BCUT2D eigenvalue weighted by atomic mass is 16.5. The average Bonchev–Trinajstić information content (AvgIpc) is 3.83. The molecule has 0 radical (unpaired) electrons. The largest absolute Gasteiger partial charge is 0.481 e. The number of benzene rings is 1. The Balaban J connectivity index is 1.31. The van der Waals surface area contributed by atoms with Crippen LogP contribution in [0.5, 0.6) is 0 Å². The SMILES string of the molecule is O=C(O)CC(NC(=O)c1ccc(N2CCN(C(=O)N3CCOCC3)CC2)c(NC(=O)C2CC2)c1)c1cccnc1. The van der Waals surface area contributed by atoms with Gasteiger partial charge in [0, 0.05) is 63.1 Å². The van der Waals surface area contributed by atoms with Crippen molar-refractivity contribution >= 4 is 35.2 Å². The molecule has 3 N–H and O–H groups in total. The van der Waals surface area contributed by atoms with Gasteiger partial charge in [-0.25, -0.2) is 4.79 Å². The van der Waals surface area contributed by atoms with Crippen molar-refractivity contribution in [3.05, 3.63) is 53.9 Å². The maximum absolute atomic E-state index is 13.2. The Labute approximate surface area is 232 Å². The normalized spacial score (nSPS) is 18.1. The van der Waals surface area contributed by atoms with Crippen molar-refractivity contribution in [3.8, 4) is 0 Å². The van der Waals surface area contributed by atoms with Gasteiger partial charge in [-0.15, -0.1) is 0 Å². The van der Waals surface area contributed by atoms with Gasteiger partial charge in [-0.05, 0) is 42.7 Å². The fourth-order valence-electron chi connectivity index (χ4n) is 4.98. The van der Waals surface area contributed by atoms with E-state index >= 15 is 0 Å². The number of nitrogens with one attached hydrogen (secondary N) is 2. The van der Waals surface area contributed by atoms with Crippen molar-refractivity contribution in [2.75, 3.05) is 62.7 Å². The minimum absolute atomic E-state index is 0.0155. The second kappa shape index (κ2) is 12.3. The molecule has 3 heterocycles. The summed E-state index contributed by atoms with van der Waals surface area (Å²) in [7, 11) is 0. The predicted octanol–water partition coefficient (Wildman–Crippen LogP) is 1.95. The molecule has 2 aromatic rings. The van der Waals surface area contributed by atoms with E-state index in [2.05, 4.69) is 20.5 Å². The number of carboxylic acids is 1. The molecule has 1 aromatic carbocycles. The molecular formula is C28H34N6O6. The lowest BCUT2D eigenvalue weighted by atomic mass is 10.0. The van der Waals surface area contributed by atoms with Crippen LogP contribution in [-0.2, 0) is 14.3 Å². The Kier molecular flexibility index (Phi) is 8.44. The molecule has 40 heavy (non-hydrogen) atoms. The summed E-state index contributed by atoms with van der Waals surface area (Å²) >= 11 is 0. The second-order valence-corrected chi connectivity index (χ2v) is 10.3. The number of ether oxygens (including phenoxy) is 1. The number of carbonyl (C=O) groups excluding carboxylic acids is 3. The van der Waals surface area contributed by atoms with E-state index in [9.17, 15) is 24.3 Å². The molecule has 1 atom stereocenters. The molecule has 1 aromatic heterocycles. The van der Waals surface area contributed by atoms with Crippen LogP contribution in [0.4, 0.5) is 16.2 Å². The third-order valence-electron chi connectivity index (χ3n) is 7.41. The molecule has 2 aliphatic heterocycles. The van der Waals surface area contributed by atoms with Gasteiger partial charge >= 0.3 is 12.0 Å². The summed E-state index contributed by atoms with van der Waals surface area (Å²) in [5.41, 5.74) is 2.18. The van der Waals surface area contributed by atoms with Gasteiger partial charge in [-0.1, -0.05) is 6.07 Å². The van der Waals surface area contributed by atoms with E-state index in [-0.39, 0.29) is 24.3 Å². The molecular weight excluding hydrogens is 516 g/mol. The van der Waals surface area contributed by atoms with Gasteiger partial charge in [0.1, 0.15) is 0 Å². The first-order chi connectivity index (χ1) is 19.4. The molecule has 2 saturated heterocycles. The Hall–Kier alpha value is -4.19. The van der Waals surface area contributed by atoms with Gasteiger partial charge in [0.15, 0.2) is 0 Å². The molecule has 0 spiro atoms. The van der Waals surface area contributed by atoms with Crippen LogP contribution in [0, 0.1) is 5.92 Å². The molecule has 1 aliphatic carbocycles. The predicted molar refractivity (Wildman–Crippen MR) is 146 cm³/mol. The number of rotatable bonds is 8. The summed E-state index contributed by atoms with van der Waals surface area (Å²) < 4.78 is 5.35.